The van der Waals surface area contributed by atoms with Crippen molar-refractivity contribution < 1.29 is 22.7 Å². The van der Waals surface area contributed by atoms with E-state index in [1.165, 1.54) is 24.3 Å². The number of thiocarbonyl (C=S) groups is 1. The van der Waals surface area contributed by atoms with Gasteiger partial charge in [-0.3, -0.25) is 15.0 Å². The fourth-order valence-corrected chi connectivity index (χ4v) is 4.80. The number of para-hydroxylation sites is 1. The first kappa shape index (κ1) is 23.7. The maximum Gasteiger partial charge on any atom is 0.285 e. The first-order chi connectivity index (χ1) is 16.2. The largest absolute Gasteiger partial charge is 0.457 e. The highest BCUT2D eigenvalue weighted by Gasteiger charge is 2.33. The number of amides is 2. The van der Waals surface area contributed by atoms with Gasteiger partial charge in [0, 0.05) is 11.8 Å². The van der Waals surface area contributed by atoms with Gasteiger partial charge in [0.25, 0.3) is 11.8 Å². The van der Waals surface area contributed by atoms with Crippen LogP contribution in [0.5, 0.6) is 11.5 Å². The van der Waals surface area contributed by atoms with Gasteiger partial charge in [-0.15, -0.1) is 0 Å². The van der Waals surface area contributed by atoms with Gasteiger partial charge in [0.05, 0.1) is 9.80 Å². The molecule has 0 radical (unpaired) electrons. The molecular formula is C24H18N2O5S3. The Hall–Kier alpha value is -3.47. The van der Waals surface area contributed by atoms with Gasteiger partial charge in [-0.2, -0.15) is 5.01 Å². The minimum Gasteiger partial charge on any atom is -0.457 e. The lowest BCUT2D eigenvalue weighted by atomic mass is 10.2. The highest BCUT2D eigenvalue weighted by atomic mass is 32.2. The number of nitrogens with zero attached hydrogens (tertiary/aromatic N) is 1. The number of nitrogens with one attached hydrogen (secondary N) is 1. The first-order valence-corrected chi connectivity index (χ1v) is 13.0. The van der Waals surface area contributed by atoms with Crippen LogP contribution in [-0.4, -0.2) is 35.8 Å². The zero-order chi connectivity index (χ0) is 24.3. The molecule has 0 aliphatic carbocycles. The predicted octanol–water partition coefficient (Wildman–Crippen LogP) is 4.43. The number of hydrazine groups is 1. The molecule has 7 nitrogen and oxygen atoms in total. The molecular weight excluding hydrogens is 492 g/mol. The number of rotatable bonds is 6. The summed E-state index contributed by atoms with van der Waals surface area (Å²) in [4.78, 5) is 25.8. The number of hydrogen-bond acceptors (Lipinski definition) is 7. The van der Waals surface area contributed by atoms with Crippen molar-refractivity contribution in [2.45, 2.75) is 4.90 Å². The Balaban J connectivity index is 1.43. The fourth-order valence-electron chi connectivity index (χ4n) is 2.99. The molecule has 1 aliphatic heterocycles. The van der Waals surface area contributed by atoms with Crippen LogP contribution in [0.1, 0.15) is 15.9 Å². The first-order valence-electron chi connectivity index (χ1n) is 9.93. The second-order valence-corrected chi connectivity index (χ2v) is 10.9. The highest BCUT2D eigenvalue weighted by Crippen LogP contribution is 2.32. The van der Waals surface area contributed by atoms with Crippen molar-refractivity contribution in [3.8, 4) is 11.5 Å². The van der Waals surface area contributed by atoms with Crippen LogP contribution in [-0.2, 0) is 14.6 Å². The Labute approximate surface area is 206 Å². The molecule has 0 aromatic heterocycles. The van der Waals surface area contributed by atoms with E-state index in [1.54, 1.807) is 18.2 Å². The summed E-state index contributed by atoms with van der Waals surface area (Å²) in [6.45, 7) is 0. The van der Waals surface area contributed by atoms with E-state index in [0.717, 1.165) is 34.3 Å². The number of hydrogen-bond donors (Lipinski definition) is 1. The van der Waals surface area contributed by atoms with E-state index in [0.29, 0.717) is 10.7 Å². The summed E-state index contributed by atoms with van der Waals surface area (Å²) >= 11 is 6.33. The molecule has 0 bridgehead atoms. The number of thioether (sulfide) groups is 1. The number of benzene rings is 3. The standard InChI is InChI=1S/C24H18N2O5S3/c1-34(29,30)20-13-9-17(10-14-20)22(27)25-26-23(28)21(33-24(26)32)15-16-7-11-19(12-8-16)31-18-5-3-2-4-6-18/h2-15H,1H3,(H,25,27). The molecule has 0 atom stereocenters. The Bertz CT molecular complexity index is 1380. The van der Waals surface area contributed by atoms with E-state index in [-0.39, 0.29) is 14.8 Å². The van der Waals surface area contributed by atoms with Crippen LogP contribution in [0, 0.1) is 0 Å². The average molecular weight is 511 g/mol. The summed E-state index contributed by atoms with van der Waals surface area (Å²) in [5.41, 5.74) is 3.44. The Morgan fingerprint density at radius 3 is 2.21 bits per heavy atom. The molecule has 0 unspecified atom stereocenters. The second-order valence-electron chi connectivity index (χ2n) is 7.24. The Morgan fingerprint density at radius 1 is 0.971 bits per heavy atom. The number of carbonyl (C=O) groups excluding carboxylic acids is 2. The maximum absolute atomic E-state index is 12.8. The van der Waals surface area contributed by atoms with E-state index in [9.17, 15) is 18.0 Å². The van der Waals surface area contributed by atoms with Gasteiger partial charge in [-0.25, -0.2) is 8.42 Å². The van der Waals surface area contributed by atoms with Gasteiger partial charge in [0.2, 0.25) is 0 Å². The summed E-state index contributed by atoms with van der Waals surface area (Å²) < 4.78 is 29.1. The Morgan fingerprint density at radius 2 is 1.59 bits per heavy atom. The zero-order valence-electron chi connectivity index (χ0n) is 17.8. The zero-order valence-corrected chi connectivity index (χ0v) is 20.2. The van der Waals surface area contributed by atoms with Crippen molar-refractivity contribution in [2.24, 2.45) is 0 Å². The summed E-state index contributed by atoms with van der Waals surface area (Å²) in [5, 5.41) is 1.01. The van der Waals surface area contributed by atoms with Crippen molar-refractivity contribution in [1.82, 2.24) is 10.4 Å². The minimum atomic E-state index is -3.38. The van der Waals surface area contributed by atoms with E-state index < -0.39 is 21.7 Å². The van der Waals surface area contributed by atoms with Crippen LogP contribution in [0.4, 0.5) is 0 Å². The smallest absolute Gasteiger partial charge is 0.285 e. The number of ether oxygens (including phenoxy) is 1. The van der Waals surface area contributed by atoms with Crippen LogP contribution < -0.4 is 10.2 Å². The van der Waals surface area contributed by atoms with Crippen molar-refractivity contribution in [2.75, 3.05) is 6.26 Å². The highest BCUT2D eigenvalue weighted by molar-refractivity contribution is 8.26. The topological polar surface area (TPSA) is 92.8 Å². The lowest BCUT2D eigenvalue weighted by molar-refractivity contribution is -0.123. The normalized spacial score (nSPS) is 15.0. The van der Waals surface area contributed by atoms with Gasteiger partial charge in [-0.1, -0.05) is 42.1 Å². The van der Waals surface area contributed by atoms with Crippen molar-refractivity contribution >= 4 is 56.0 Å². The van der Waals surface area contributed by atoms with Gasteiger partial charge in [0.1, 0.15) is 11.5 Å². The van der Waals surface area contributed by atoms with Crippen molar-refractivity contribution in [3.05, 3.63) is 94.9 Å². The molecule has 1 heterocycles. The summed E-state index contributed by atoms with van der Waals surface area (Å²) in [6.07, 6.45) is 2.76. The average Bonchev–Trinajstić information content (AvgIpc) is 3.08. The molecule has 10 heteroatoms. The molecule has 2 amide bonds. The van der Waals surface area contributed by atoms with E-state index in [2.05, 4.69) is 5.43 Å². The van der Waals surface area contributed by atoms with E-state index >= 15 is 0 Å². The molecule has 4 rings (SSSR count). The predicted molar refractivity (Wildman–Crippen MR) is 135 cm³/mol. The molecule has 172 valence electrons. The molecule has 1 fully saturated rings. The second kappa shape index (κ2) is 9.80. The molecule has 1 aliphatic rings. The molecule has 34 heavy (non-hydrogen) atoms. The van der Waals surface area contributed by atoms with Gasteiger partial charge < -0.3 is 4.74 Å². The van der Waals surface area contributed by atoms with Crippen LogP contribution in [0.3, 0.4) is 0 Å². The third-order valence-electron chi connectivity index (χ3n) is 4.71. The Kier molecular flexibility index (Phi) is 6.82. The minimum absolute atomic E-state index is 0.0952. The molecule has 0 saturated carbocycles. The maximum atomic E-state index is 12.8. The lowest BCUT2D eigenvalue weighted by Crippen LogP contribution is -2.44. The lowest BCUT2D eigenvalue weighted by Gasteiger charge is -2.15. The third-order valence-corrected chi connectivity index (χ3v) is 7.14. The summed E-state index contributed by atoms with van der Waals surface area (Å²) in [7, 11) is -3.38. The number of carbonyl (C=O) groups is 2. The van der Waals surface area contributed by atoms with Gasteiger partial charge >= 0.3 is 0 Å². The molecule has 0 spiro atoms. The van der Waals surface area contributed by atoms with E-state index in [1.807, 2.05) is 42.5 Å². The van der Waals surface area contributed by atoms with Gasteiger partial charge in [-0.05, 0) is 72.4 Å². The van der Waals surface area contributed by atoms with E-state index in [4.69, 9.17) is 17.0 Å². The van der Waals surface area contributed by atoms with Crippen molar-refractivity contribution in [3.63, 3.8) is 0 Å². The van der Waals surface area contributed by atoms with Crippen molar-refractivity contribution in [1.29, 1.82) is 0 Å². The van der Waals surface area contributed by atoms with Crippen LogP contribution >= 0.6 is 24.0 Å². The quantitative estimate of drug-likeness (QED) is 0.387. The molecule has 3 aromatic carbocycles. The molecule has 3 aromatic rings. The molecule has 1 N–H and O–H groups in total. The molecule has 1 saturated heterocycles. The fraction of sp³-hybridized carbons (Fsp3) is 0.0417. The van der Waals surface area contributed by atoms with Crippen LogP contribution in [0.25, 0.3) is 6.08 Å². The van der Waals surface area contributed by atoms with Crippen LogP contribution in [0.2, 0.25) is 0 Å². The monoisotopic (exact) mass is 510 g/mol. The summed E-state index contributed by atoms with van der Waals surface area (Å²) in [6, 6.07) is 22.0. The SMILES string of the molecule is CS(=O)(=O)c1ccc(C(=O)NN2C(=O)C(=Cc3ccc(Oc4ccccc4)cc3)SC2=S)cc1. The van der Waals surface area contributed by atoms with Crippen LogP contribution in [0.15, 0.2) is 88.7 Å². The van der Waals surface area contributed by atoms with Gasteiger partial charge in [0.15, 0.2) is 14.2 Å². The summed E-state index contributed by atoms with van der Waals surface area (Å²) in [5.74, 6) is 0.337. The third kappa shape index (κ3) is 5.53. The number of sulfone groups is 1.